The minimum absolute atomic E-state index is 0.369. The van der Waals surface area contributed by atoms with E-state index in [0.29, 0.717) is 11.5 Å². The standard InChI is InChI=1S/C19H31N5/c1-14(10-12-19(2,3)4)22-18(20-5)21-13-11-17-23-15-8-6-7-9-16(15)24-17/h6-9,14H,10-13H2,1-5H3,(H,23,24)(H2,20,21,22). The van der Waals surface area contributed by atoms with E-state index in [4.69, 9.17) is 0 Å². The summed E-state index contributed by atoms with van der Waals surface area (Å²) in [5, 5.41) is 6.83. The number of hydrogen-bond acceptors (Lipinski definition) is 2. The van der Waals surface area contributed by atoms with Gasteiger partial charge in [0, 0.05) is 26.1 Å². The summed E-state index contributed by atoms with van der Waals surface area (Å²) in [6.07, 6.45) is 3.16. The average Bonchev–Trinajstić information content (AvgIpc) is 2.94. The SMILES string of the molecule is CN=C(NCCc1nc2ccccc2[nH]1)NC(C)CCC(C)(C)C. The quantitative estimate of drug-likeness (QED) is 0.561. The molecule has 1 aromatic carbocycles. The van der Waals surface area contributed by atoms with Gasteiger partial charge in [0.2, 0.25) is 0 Å². The van der Waals surface area contributed by atoms with Gasteiger partial charge in [0.15, 0.2) is 5.96 Å². The monoisotopic (exact) mass is 329 g/mol. The smallest absolute Gasteiger partial charge is 0.191 e. The number of benzene rings is 1. The van der Waals surface area contributed by atoms with Gasteiger partial charge < -0.3 is 15.6 Å². The molecule has 24 heavy (non-hydrogen) atoms. The lowest BCUT2D eigenvalue weighted by molar-refractivity contribution is 0.346. The number of hydrogen-bond donors (Lipinski definition) is 3. The molecule has 1 unspecified atom stereocenters. The molecular weight excluding hydrogens is 298 g/mol. The number of imidazole rings is 1. The van der Waals surface area contributed by atoms with Crippen molar-refractivity contribution in [2.45, 2.75) is 53.0 Å². The van der Waals surface area contributed by atoms with E-state index >= 15 is 0 Å². The number of H-pyrrole nitrogens is 1. The number of nitrogens with zero attached hydrogens (tertiary/aromatic N) is 2. The first-order chi connectivity index (χ1) is 11.4. The predicted octanol–water partition coefficient (Wildman–Crippen LogP) is 3.49. The summed E-state index contributed by atoms with van der Waals surface area (Å²) in [5.41, 5.74) is 2.48. The van der Waals surface area contributed by atoms with Crippen LogP contribution in [-0.2, 0) is 6.42 Å². The van der Waals surface area contributed by atoms with Crippen LogP contribution >= 0.6 is 0 Å². The molecule has 3 N–H and O–H groups in total. The molecular formula is C19H31N5. The van der Waals surface area contributed by atoms with Crippen molar-refractivity contribution in [2.75, 3.05) is 13.6 Å². The van der Waals surface area contributed by atoms with Gasteiger partial charge in [0.05, 0.1) is 11.0 Å². The largest absolute Gasteiger partial charge is 0.356 e. The van der Waals surface area contributed by atoms with Crippen molar-refractivity contribution >= 4 is 17.0 Å². The van der Waals surface area contributed by atoms with Crippen molar-refractivity contribution in [3.63, 3.8) is 0 Å². The molecule has 0 saturated heterocycles. The number of aliphatic imine (C=N–C) groups is 1. The Bertz CT molecular complexity index is 633. The summed E-state index contributed by atoms with van der Waals surface area (Å²) in [6.45, 7) is 9.84. The van der Waals surface area contributed by atoms with E-state index in [1.54, 1.807) is 0 Å². The zero-order valence-corrected chi connectivity index (χ0v) is 15.6. The number of aromatic amines is 1. The van der Waals surface area contributed by atoms with Crippen LogP contribution in [0.4, 0.5) is 0 Å². The second-order valence-corrected chi connectivity index (χ2v) is 7.59. The molecule has 5 nitrogen and oxygen atoms in total. The van der Waals surface area contributed by atoms with E-state index < -0.39 is 0 Å². The third-order valence-electron chi connectivity index (χ3n) is 4.03. The highest BCUT2D eigenvalue weighted by atomic mass is 15.2. The molecule has 1 atom stereocenters. The third kappa shape index (κ3) is 5.87. The number of aromatic nitrogens is 2. The summed E-state index contributed by atoms with van der Waals surface area (Å²) >= 11 is 0. The maximum atomic E-state index is 4.60. The molecule has 0 saturated carbocycles. The maximum Gasteiger partial charge on any atom is 0.191 e. The van der Waals surface area contributed by atoms with Crippen molar-refractivity contribution in [1.82, 2.24) is 20.6 Å². The van der Waals surface area contributed by atoms with Crippen LogP contribution in [-0.4, -0.2) is 35.6 Å². The van der Waals surface area contributed by atoms with Gasteiger partial charge in [-0.15, -0.1) is 0 Å². The number of rotatable bonds is 6. The van der Waals surface area contributed by atoms with E-state index in [-0.39, 0.29) is 0 Å². The summed E-state index contributed by atoms with van der Waals surface area (Å²) < 4.78 is 0. The first-order valence-corrected chi connectivity index (χ1v) is 8.78. The summed E-state index contributed by atoms with van der Waals surface area (Å²) in [5.74, 6) is 1.85. The Kier molecular flexibility index (Phi) is 6.23. The molecule has 0 fully saturated rings. The molecule has 0 aliphatic heterocycles. The Hall–Kier alpha value is -2.04. The Morgan fingerprint density at radius 3 is 2.71 bits per heavy atom. The zero-order chi connectivity index (χ0) is 17.6. The fraction of sp³-hybridized carbons (Fsp3) is 0.579. The molecule has 0 amide bonds. The second-order valence-electron chi connectivity index (χ2n) is 7.59. The van der Waals surface area contributed by atoms with Crippen molar-refractivity contribution in [3.8, 4) is 0 Å². The lowest BCUT2D eigenvalue weighted by Crippen LogP contribution is -2.43. The molecule has 0 aliphatic rings. The summed E-state index contributed by atoms with van der Waals surface area (Å²) in [4.78, 5) is 12.3. The molecule has 2 aromatic rings. The second kappa shape index (κ2) is 8.18. The Morgan fingerprint density at radius 2 is 2.04 bits per heavy atom. The van der Waals surface area contributed by atoms with Crippen molar-refractivity contribution in [3.05, 3.63) is 30.1 Å². The van der Waals surface area contributed by atoms with Crippen LogP contribution in [0.5, 0.6) is 0 Å². The fourth-order valence-corrected chi connectivity index (χ4v) is 2.57. The van der Waals surface area contributed by atoms with Gasteiger partial charge in [0.1, 0.15) is 5.82 Å². The van der Waals surface area contributed by atoms with Crippen molar-refractivity contribution < 1.29 is 0 Å². The number of para-hydroxylation sites is 2. The van der Waals surface area contributed by atoms with E-state index in [1.165, 1.54) is 6.42 Å². The van der Waals surface area contributed by atoms with Gasteiger partial charge in [0.25, 0.3) is 0 Å². The Balaban J connectivity index is 1.77. The zero-order valence-electron chi connectivity index (χ0n) is 15.6. The van der Waals surface area contributed by atoms with Gasteiger partial charge in [-0.3, -0.25) is 4.99 Å². The summed E-state index contributed by atoms with van der Waals surface area (Å²) in [7, 11) is 1.81. The van der Waals surface area contributed by atoms with Crippen molar-refractivity contribution in [2.24, 2.45) is 10.4 Å². The van der Waals surface area contributed by atoms with E-state index in [2.05, 4.69) is 59.4 Å². The van der Waals surface area contributed by atoms with Crippen LogP contribution in [0, 0.1) is 5.41 Å². The van der Waals surface area contributed by atoms with Crippen LogP contribution in [0.3, 0.4) is 0 Å². The van der Waals surface area contributed by atoms with Crippen LogP contribution in [0.15, 0.2) is 29.3 Å². The molecule has 0 spiro atoms. The molecule has 2 rings (SSSR count). The molecule has 132 valence electrons. The first kappa shape index (κ1) is 18.3. The van der Waals surface area contributed by atoms with Gasteiger partial charge in [-0.25, -0.2) is 4.98 Å². The van der Waals surface area contributed by atoms with Gasteiger partial charge in [-0.05, 0) is 37.3 Å². The van der Waals surface area contributed by atoms with Gasteiger partial charge in [-0.2, -0.15) is 0 Å². The normalized spacial score (nSPS) is 14.0. The van der Waals surface area contributed by atoms with Crippen molar-refractivity contribution in [1.29, 1.82) is 0 Å². The van der Waals surface area contributed by atoms with E-state index in [9.17, 15) is 0 Å². The van der Waals surface area contributed by atoms with Crippen LogP contribution < -0.4 is 10.6 Å². The van der Waals surface area contributed by atoms with Crippen LogP contribution in [0.1, 0.15) is 46.4 Å². The highest BCUT2D eigenvalue weighted by molar-refractivity contribution is 5.80. The number of fused-ring (bicyclic) bond motifs is 1. The number of guanidine groups is 1. The topological polar surface area (TPSA) is 65.1 Å². The van der Waals surface area contributed by atoms with Crippen LogP contribution in [0.25, 0.3) is 11.0 Å². The molecule has 1 heterocycles. The van der Waals surface area contributed by atoms with E-state index in [1.807, 2.05) is 25.2 Å². The minimum atomic E-state index is 0.369. The summed E-state index contributed by atoms with van der Waals surface area (Å²) in [6, 6.07) is 8.52. The maximum absolute atomic E-state index is 4.60. The molecule has 0 radical (unpaired) electrons. The Morgan fingerprint density at radius 1 is 1.29 bits per heavy atom. The van der Waals surface area contributed by atoms with Gasteiger partial charge >= 0.3 is 0 Å². The lowest BCUT2D eigenvalue weighted by atomic mass is 9.89. The molecule has 5 heteroatoms. The fourth-order valence-electron chi connectivity index (χ4n) is 2.57. The molecule has 0 bridgehead atoms. The van der Waals surface area contributed by atoms with E-state index in [0.717, 1.165) is 42.2 Å². The lowest BCUT2D eigenvalue weighted by Gasteiger charge is -2.23. The molecule has 1 aromatic heterocycles. The first-order valence-electron chi connectivity index (χ1n) is 8.78. The highest BCUT2D eigenvalue weighted by Crippen LogP contribution is 2.21. The van der Waals surface area contributed by atoms with Gasteiger partial charge in [-0.1, -0.05) is 32.9 Å². The number of nitrogens with one attached hydrogen (secondary N) is 3. The minimum Gasteiger partial charge on any atom is -0.356 e. The third-order valence-corrected chi connectivity index (χ3v) is 4.03. The highest BCUT2D eigenvalue weighted by Gasteiger charge is 2.13. The molecule has 0 aliphatic carbocycles. The predicted molar refractivity (Wildman–Crippen MR) is 102 cm³/mol. The van der Waals surface area contributed by atoms with Crippen LogP contribution in [0.2, 0.25) is 0 Å². The average molecular weight is 329 g/mol. The Labute approximate surface area is 145 Å².